The third-order valence-electron chi connectivity index (χ3n) is 2.92. The van der Waals surface area contributed by atoms with E-state index in [-0.39, 0.29) is 12.7 Å². The molecule has 1 heterocycles. The number of hydrogen-bond acceptors (Lipinski definition) is 4. The second-order valence-corrected chi connectivity index (χ2v) is 4.35. The van der Waals surface area contributed by atoms with Crippen molar-refractivity contribution in [3.8, 4) is 11.5 Å². The van der Waals surface area contributed by atoms with Crippen LogP contribution in [0.1, 0.15) is 31.0 Å². The molecule has 0 bridgehead atoms. The van der Waals surface area contributed by atoms with Gasteiger partial charge in [-0.25, -0.2) is 0 Å². The van der Waals surface area contributed by atoms with Crippen molar-refractivity contribution in [2.75, 3.05) is 13.2 Å². The maximum absolute atomic E-state index is 9.16. The van der Waals surface area contributed by atoms with Crippen molar-refractivity contribution in [3.05, 3.63) is 23.3 Å². The first-order valence-electron chi connectivity index (χ1n) is 5.98. The van der Waals surface area contributed by atoms with Gasteiger partial charge in [-0.05, 0) is 26.0 Å². The van der Waals surface area contributed by atoms with Crippen LogP contribution in [-0.4, -0.2) is 24.4 Å². The van der Waals surface area contributed by atoms with Crippen LogP contribution in [0.4, 0.5) is 0 Å². The van der Waals surface area contributed by atoms with E-state index in [4.69, 9.17) is 20.3 Å². The standard InChI is InChI=1S/C13H19NO3/c1-3-16-13-5-9-4-8(2)17-12(9)6-10(13)11(14)7-15/h5-6,8,11,15H,3-4,7,14H2,1-2H3. The average Bonchev–Trinajstić information content (AvgIpc) is 2.66. The summed E-state index contributed by atoms with van der Waals surface area (Å²) in [4.78, 5) is 0. The molecule has 2 unspecified atom stereocenters. The molecule has 4 nitrogen and oxygen atoms in total. The van der Waals surface area contributed by atoms with E-state index < -0.39 is 6.04 Å². The Morgan fingerprint density at radius 1 is 1.59 bits per heavy atom. The molecule has 0 saturated heterocycles. The van der Waals surface area contributed by atoms with Gasteiger partial charge >= 0.3 is 0 Å². The molecule has 1 aliphatic heterocycles. The van der Waals surface area contributed by atoms with Crippen LogP contribution in [0.25, 0.3) is 0 Å². The molecule has 94 valence electrons. The highest BCUT2D eigenvalue weighted by atomic mass is 16.5. The fourth-order valence-corrected chi connectivity index (χ4v) is 2.12. The zero-order valence-corrected chi connectivity index (χ0v) is 10.3. The van der Waals surface area contributed by atoms with Gasteiger partial charge in [0.2, 0.25) is 0 Å². The van der Waals surface area contributed by atoms with Crippen molar-refractivity contribution >= 4 is 0 Å². The van der Waals surface area contributed by atoms with E-state index in [1.165, 1.54) is 0 Å². The Morgan fingerprint density at radius 3 is 3.00 bits per heavy atom. The molecule has 1 aromatic rings. The maximum atomic E-state index is 9.16. The number of ether oxygens (including phenoxy) is 2. The predicted molar refractivity (Wildman–Crippen MR) is 65.4 cm³/mol. The zero-order chi connectivity index (χ0) is 12.4. The van der Waals surface area contributed by atoms with Crippen LogP contribution in [0, 0.1) is 0 Å². The molecule has 0 fully saturated rings. The van der Waals surface area contributed by atoms with Crippen LogP contribution >= 0.6 is 0 Å². The first-order valence-corrected chi connectivity index (χ1v) is 5.98. The molecule has 0 saturated carbocycles. The highest BCUT2D eigenvalue weighted by Gasteiger charge is 2.23. The summed E-state index contributed by atoms with van der Waals surface area (Å²) in [5, 5.41) is 9.16. The lowest BCUT2D eigenvalue weighted by Gasteiger charge is -2.16. The van der Waals surface area contributed by atoms with E-state index in [9.17, 15) is 0 Å². The van der Waals surface area contributed by atoms with E-state index in [1.807, 2.05) is 26.0 Å². The first-order chi connectivity index (χ1) is 8.15. The van der Waals surface area contributed by atoms with Crippen molar-refractivity contribution in [1.29, 1.82) is 0 Å². The molecular weight excluding hydrogens is 218 g/mol. The molecule has 0 aromatic heterocycles. The van der Waals surface area contributed by atoms with Crippen LogP contribution in [0.3, 0.4) is 0 Å². The van der Waals surface area contributed by atoms with E-state index in [1.54, 1.807) is 0 Å². The van der Waals surface area contributed by atoms with Gasteiger partial charge in [0.15, 0.2) is 0 Å². The number of fused-ring (bicyclic) bond motifs is 1. The van der Waals surface area contributed by atoms with Crippen molar-refractivity contribution in [2.24, 2.45) is 5.73 Å². The van der Waals surface area contributed by atoms with E-state index in [2.05, 4.69) is 0 Å². The first kappa shape index (κ1) is 12.2. The lowest BCUT2D eigenvalue weighted by molar-refractivity contribution is 0.251. The normalized spacial score (nSPS) is 19.6. The molecular formula is C13H19NO3. The molecule has 1 aromatic carbocycles. The number of benzene rings is 1. The molecule has 3 N–H and O–H groups in total. The highest BCUT2D eigenvalue weighted by molar-refractivity contribution is 5.49. The minimum atomic E-state index is -0.429. The molecule has 0 aliphatic carbocycles. The third kappa shape index (κ3) is 2.37. The topological polar surface area (TPSA) is 64.7 Å². The molecule has 1 aliphatic rings. The van der Waals surface area contributed by atoms with E-state index in [0.717, 1.165) is 29.0 Å². The van der Waals surface area contributed by atoms with Crippen LogP contribution in [-0.2, 0) is 6.42 Å². The summed E-state index contributed by atoms with van der Waals surface area (Å²) in [6.07, 6.45) is 1.09. The molecule has 17 heavy (non-hydrogen) atoms. The van der Waals surface area contributed by atoms with Gasteiger partial charge in [0.1, 0.15) is 17.6 Å². The monoisotopic (exact) mass is 237 g/mol. The molecule has 2 atom stereocenters. The number of rotatable bonds is 4. The number of hydrogen-bond donors (Lipinski definition) is 2. The summed E-state index contributed by atoms with van der Waals surface area (Å²) >= 11 is 0. The van der Waals surface area contributed by atoms with Gasteiger partial charge in [-0.1, -0.05) is 0 Å². The van der Waals surface area contributed by atoms with Gasteiger partial charge in [0.05, 0.1) is 19.3 Å². The van der Waals surface area contributed by atoms with Crippen LogP contribution in [0.15, 0.2) is 12.1 Å². The van der Waals surface area contributed by atoms with Gasteiger partial charge in [0, 0.05) is 17.5 Å². The minimum absolute atomic E-state index is 0.103. The van der Waals surface area contributed by atoms with E-state index >= 15 is 0 Å². The molecule has 2 rings (SSSR count). The second kappa shape index (κ2) is 4.94. The van der Waals surface area contributed by atoms with Crippen molar-refractivity contribution in [2.45, 2.75) is 32.4 Å². The maximum Gasteiger partial charge on any atom is 0.124 e. The van der Waals surface area contributed by atoms with Crippen molar-refractivity contribution in [3.63, 3.8) is 0 Å². The molecule has 4 heteroatoms. The van der Waals surface area contributed by atoms with E-state index in [0.29, 0.717) is 6.61 Å². The summed E-state index contributed by atoms with van der Waals surface area (Å²) in [7, 11) is 0. The molecule has 0 radical (unpaired) electrons. The number of aliphatic hydroxyl groups is 1. The lowest BCUT2D eigenvalue weighted by atomic mass is 10.0. The zero-order valence-electron chi connectivity index (χ0n) is 10.3. The Bertz CT molecular complexity index is 406. The Balaban J connectivity index is 2.39. The SMILES string of the molecule is CCOc1cc2c(cc1C(N)CO)OC(C)C2. The minimum Gasteiger partial charge on any atom is -0.494 e. The Labute approximate surface area is 101 Å². The van der Waals surface area contributed by atoms with Crippen LogP contribution in [0.5, 0.6) is 11.5 Å². The highest BCUT2D eigenvalue weighted by Crippen LogP contribution is 2.37. The molecule has 0 amide bonds. The van der Waals surface area contributed by atoms with Gasteiger partial charge in [-0.3, -0.25) is 0 Å². The second-order valence-electron chi connectivity index (χ2n) is 4.35. The average molecular weight is 237 g/mol. The quantitative estimate of drug-likeness (QED) is 0.830. The van der Waals surface area contributed by atoms with Gasteiger partial charge in [-0.2, -0.15) is 0 Å². The fourth-order valence-electron chi connectivity index (χ4n) is 2.12. The van der Waals surface area contributed by atoms with Crippen LogP contribution in [0.2, 0.25) is 0 Å². The van der Waals surface area contributed by atoms with Gasteiger partial charge < -0.3 is 20.3 Å². The summed E-state index contributed by atoms with van der Waals surface area (Å²) in [6, 6.07) is 3.44. The predicted octanol–water partition coefficient (Wildman–Crippen LogP) is 1.40. The van der Waals surface area contributed by atoms with Crippen molar-refractivity contribution in [1.82, 2.24) is 0 Å². The number of nitrogens with two attached hydrogens (primary N) is 1. The van der Waals surface area contributed by atoms with Gasteiger partial charge in [-0.15, -0.1) is 0 Å². The third-order valence-corrected chi connectivity index (χ3v) is 2.92. The summed E-state index contributed by atoms with van der Waals surface area (Å²) < 4.78 is 11.3. The summed E-state index contributed by atoms with van der Waals surface area (Å²) in [5.41, 5.74) is 7.82. The summed E-state index contributed by atoms with van der Waals surface area (Å²) in [6.45, 7) is 4.45. The summed E-state index contributed by atoms with van der Waals surface area (Å²) in [5.74, 6) is 1.62. The molecule has 0 spiro atoms. The largest absolute Gasteiger partial charge is 0.494 e. The Kier molecular flexibility index (Phi) is 3.54. The van der Waals surface area contributed by atoms with Gasteiger partial charge in [0.25, 0.3) is 0 Å². The lowest BCUT2D eigenvalue weighted by Crippen LogP contribution is -2.16. The smallest absolute Gasteiger partial charge is 0.124 e. The fraction of sp³-hybridized carbons (Fsp3) is 0.538. The van der Waals surface area contributed by atoms with Crippen LogP contribution < -0.4 is 15.2 Å². The Morgan fingerprint density at radius 2 is 2.35 bits per heavy atom. The number of aliphatic hydroxyl groups excluding tert-OH is 1. The van der Waals surface area contributed by atoms with Crippen molar-refractivity contribution < 1.29 is 14.6 Å². The Hall–Kier alpha value is -1.26.